The van der Waals surface area contributed by atoms with Gasteiger partial charge in [0.1, 0.15) is 26.2 Å². The molecule has 7 nitrogen and oxygen atoms in total. The van der Waals surface area contributed by atoms with Crippen LogP contribution in [0.4, 0.5) is 0 Å². The smallest absolute Gasteiger partial charge is 0.292 e. The SMILES string of the molecule is Cc1ccc(-c2nn(C[NH+]3CC[NH+](CC(=O)NC4CC4)CC3)c(=S)o2)cc1. The van der Waals surface area contributed by atoms with E-state index < -0.39 is 0 Å². The predicted octanol–water partition coefficient (Wildman–Crippen LogP) is -0.799. The van der Waals surface area contributed by atoms with E-state index in [1.54, 1.807) is 4.68 Å². The van der Waals surface area contributed by atoms with Crippen LogP contribution in [0.5, 0.6) is 0 Å². The minimum atomic E-state index is 0.192. The molecule has 1 aromatic heterocycles. The summed E-state index contributed by atoms with van der Waals surface area (Å²) in [5.74, 6) is 0.762. The summed E-state index contributed by atoms with van der Waals surface area (Å²) in [4.78, 5) is 15.2. The number of carbonyl (C=O) groups is 1. The Morgan fingerprint density at radius 3 is 2.56 bits per heavy atom. The Kier molecular flexibility index (Phi) is 5.38. The molecule has 2 aliphatic rings. The maximum atomic E-state index is 12.0. The lowest BCUT2D eigenvalue weighted by Crippen LogP contribution is -3.28. The molecule has 0 atom stereocenters. The van der Waals surface area contributed by atoms with Crippen LogP contribution in [-0.4, -0.2) is 54.5 Å². The van der Waals surface area contributed by atoms with Crippen molar-refractivity contribution in [2.75, 3.05) is 32.7 Å². The Morgan fingerprint density at radius 2 is 1.89 bits per heavy atom. The number of aromatic nitrogens is 2. The average molecular weight is 390 g/mol. The second kappa shape index (κ2) is 7.92. The summed E-state index contributed by atoms with van der Waals surface area (Å²) in [6, 6.07) is 8.53. The molecule has 1 aliphatic carbocycles. The highest BCUT2D eigenvalue weighted by Crippen LogP contribution is 2.18. The van der Waals surface area contributed by atoms with Gasteiger partial charge in [0.25, 0.3) is 10.7 Å². The van der Waals surface area contributed by atoms with E-state index in [1.807, 2.05) is 24.3 Å². The van der Waals surface area contributed by atoms with Gasteiger partial charge >= 0.3 is 0 Å². The van der Waals surface area contributed by atoms with E-state index >= 15 is 0 Å². The Bertz CT molecular complexity index is 848. The van der Waals surface area contributed by atoms with Crippen LogP contribution in [0.2, 0.25) is 0 Å². The van der Waals surface area contributed by atoms with E-state index in [9.17, 15) is 4.79 Å². The van der Waals surface area contributed by atoms with Gasteiger partial charge in [0.2, 0.25) is 5.89 Å². The molecule has 4 rings (SSSR count). The Balaban J connectivity index is 1.30. The largest absolute Gasteiger partial charge is 0.409 e. The van der Waals surface area contributed by atoms with Crippen molar-refractivity contribution >= 4 is 18.1 Å². The van der Waals surface area contributed by atoms with Crippen molar-refractivity contribution in [1.82, 2.24) is 15.1 Å². The van der Waals surface area contributed by atoms with Crippen LogP contribution in [0, 0.1) is 11.8 Å². The standard InChI is InChI=1S/C19H25N5O2S/c1-14-2-4-15(5-3-14)18-21-24(19(27)26-18)13-23-10-8-22(9-11-23)12-17(25)20-16-6-7-16/h2-5,16H,6-13H2,1H3,(H,20,25)/p+2. The molecule has 1 saturated heterocycles. The number of hydrogen-bond acceptors (Lipinski definition) is 4. The van der Waals surface area contributed by atoms with Crippen LogP contribution < -0.4 is 15.1 Å². The molecule has 0 bridgehead atoms. The van der Waals surface area contributed by atoms with Crippen molar-refractivity contribution in [1.29, 1.82) is 0 Å². The summed E-state index contributed by atoms with van der Waals surface area (Å²) in [5, 5.41) is 7.64. The zero-order chi connectivity index (χ0) is 18.8. The topological polar surface area (TPSA) is 68.9 Å². The first-order valence-electron chi connectivity index (χ1n) is 9.68. The fourth-order valence-corrected chi connectivity index (χ4v) is 3.64. The highest BCUT2D eigenvalue weighted by Gasteiger charge is 2.28. The summed E-state index contributed by atoms with van der Waals surface area (Å²) >= 11 is 5.36. The van der Waals surface area contributed by atoms with Crippen molar-refractivity contribution in [3.63, 3.8) is 0 Å². The molecule has 2 fully saturated rings. The molecule has 8 heteroatoms. The number of aryl methyl sites for hydroxylation is 1. The molecule has 1 aliphatic heterocycles. The van der Waals surface area contributed by atoms with Crippen LogP contribution in [0.15, 0.2) is 28.7 Å². The summed E-state index contributed by atoms with van der Waals surface area (Å²) in [6.45, 7) is 7.33. The minimum Gasteiger partial charge on any atom is -0.409 e. The molecule has 144 valence electrons. The Labute approximate surface area is 163 Å². The fraction of sp³-hybridized carbons (Fsp3) is 0.526. The van der Waals surface area contributed by atoms with Gasteiger partial charge in [-0.15, -0.1) is 5.10 Å². The molecule has 0 spiro atoms. The Hall–Kier alpha value is -2.03. The van der Waals surface area contributed by atoms with E-state index in [1.165, 1.54) is 15.4 Å². The number of piperazine rings is 1. The first-order valence-corrected chi connectivity index (χ1v) is 10.1. The molecular weight excluding hydrogens is 362 g/mol. The van der Waals surface area contributed by atoms with E-state index in [0.717, 1.165) is 44.6 Å². The van der Waals surface area contributed by atoms with Crippen molar-refractivity contribution in [2.45, 2.75) is 32.5 Å². The summed E-state index contributed by atoms with van der Waals surface area (Å²) < 4.78 is 7.48. The van der Waals surface area contributed by atoms with Crippen molar-refractivity contribution in [2.24, 2.45) is 0 Å². The number of carbonyl (C=O) groups excluding carboxylic acids is 1. The van der Waals surface area contributed by atoms with Crippen LogP contribution in [0.25, 0.3) is 11.5 Å². The number of benzene rings is 1. The molecule has 2 heterocycles. The quantitative estimate of drug-likeness (QED) is 0.566. The number of amides is 1. The van der Waals surface area contributed by atoms with E-state index in [0.29, 0.717) is 30.0 Å². The molecule has 27 heavy (non-hydrogen) atoms. The average Bonchev–Trinajstić information content (AvgIpc) is 3.39. The fourth-order valence-electron chi connectivity index (χ4n) is 3.46. The van der Waals surface area contributed by atoms with Crippen LogP contribution in [-0.2, 0) is 11.5 Å². The lowest BCUT2D eigenvalue weighted by Gasteiger charge is -2.28. The third-order valence-corrected chi connectivity index (χ3v) is 5.59. The van der Waals surface area contributed by atoms with E-state index in [2.05, 4.69) is 17.3 Å². The molecule has 1 amide bonds. The monoisotopic (exact) mass is 389 g/mol. The first kappa shape index (κ1) is 18.3. The van der Waals surface area contributed by atoms with Gasteiger partial charge in [-0.1, -0.05) is 17.7 Å². The van der Waals surface area contributed by atoms with Crippen LogP contribution >= 0.6 is 12.2 Å². The number of nitrogens with one attached hydrogen (secondary N) is 3. The molecule has 3 N–H and O–H groups in total. The zero-order valence-electron chi connectivity index (χ0n) is 15.7. The van der Waals surface area contributed by atoms with Crippen molar-refractivity contribution < 1.29 is 19.0 Å². The number of quaternary nitrogens is 2. The second-order valence-electron chi connectivity index (χ2n) is 7.72. The van der Waals surface area contributed by atoms with Gasteiger partial charge in [0.05, 0.1) is 0 Å². The van der Waals surface area contributed by atoms with Gasteiger partial charge in [0.15, 0.2) is 13.2 Å². The molecule has 0 unspecified atom stereocenters. The third kappa shape index (κ3) is 4.82. The third-order valence-electron chi connectivity index (χ3n) is 5.30. The maximum Gasteiger partial charge on any atom is 0.292 e. The molecule has 2 aromatic rings. The second-order valence-corrected chi connectivity index (χ2v) is 8.06. The molecular formula is C19H27N5O2S+2. The van der Waals surface area contributed by atoms with Gasteiger partial charge in [0, 0.05) is 11.6 Å². The predicted molar refractivity (Wildman–Crippen MR) is 103 cm³/mol. The number of rotatable bonds is 6. The highest BCUT2D eigenvalue weighted by molar-refractivity contribution is 7.71. The molecule has 0 radical (unpaired) electrons. The van der Waals surface area contributed by atoms with Gasteiger partial charge in [-0.2, -0.15) is 4.68 Å². The first-order chi connectivity index (χ1) is 13.1. The normalized spacial score (nSPS) is 22.6. The lowest BCUT2D eigenvalue weighted by atomic mass is 10.1. The van der Waals surface area contributed by atoms with Gasteiger partial charge < -0.3 is 19.5 Å². The number of hydrogen-bond donors (Lipinski definition) is 3. The highest BCUT2D eigenvalue weighted by atomic mass is 32.1. The van der Waals surface area contributed by atoms with Gasteiger partial charge in [-0.3, -0.25) is 4.79 Å². The van der Waals surface area contributed by atoms with Crippen LogP contribution in [0.3, 0.4) is 0 Å². The van der Waals surface area contributed by atoms with Crippen molar-refractivity contribution in [3.8, 4) is 11.5 Å². The minimum absolute atomic E-state index is 0.192. The molecule has 1 saturated carbocycles. The summed E-state index contributed by atoms with van der Waals surface area (Å²) in [7, 11) is 0. The summed E-state index contributed by atoms with van der Waals surface area (Å²) in [5.41, 5.74) is 2.14. The maximum absolute atomic E-state index is 12.0. The van der Waals surface area contributed by atoms with Gasteiger partial charge in [-0.25, -0.2) is 0 Å². The molecule has 1 aromatic carbocycles. The lowest BCUT2D eigenvalue weighted by molar-refractivity contribution is -1.02. The number of nitrogens with zero attached hydrogens (tertiary/aromatic N) is 2. The zero-order valence-corrected chi connectivity index (χ0v) is 16.5. The van der Waals surface area contributed by atoms with Gasteiger partial charge in [-0.05, 0) is 44.1 Å². The van der Waals surface area contributed by atoms with Crippen molar-refractivity contribution in [3.05, 3.63) is 34.7 Å². The summed E-state index contributed by atoms with van der Waals surface area (Å²) in [6.07, 6.45) is 2.28. The van der Waals surface area contributed by atoms with E-state index in [-0.39, 0.29) is 5.91 Å². The van der Waals surface area contributed by atoms with Crippen LogP contribution in [0.1, 0.15) is 18.4 Å². The van der Waals surface area contributed by atoms with E-state index in [4.69, 9.17) is 16.6 Å². The Morgan fingerprint density at radius 1 is 1.22 bits per heavy atom.